The summed E-state index contributed by atoms with van der Waals surface area (Å²) in [6.45, 7) is 1.30. The molecule has 4 aromatic rings. The van der Waals surface area contributed by atoms with Gasteiger partial charge in [-0.1, -0.05) is 29.0 Å². The van der Waals surface area contributed by atoms with E-state index in [1.807, 2.05) is 0 Å². The smallest absolute Gasteiger partial charge is 0.367 e. The van der Waals surface area contributed by atoms with Gasteiger partial charge in [0.1, 0.15) is 23.0 Å². The molecule has 0 N–H and O–H groups in total. The van der Waals surface area contributed by atoms with Crippen LogP contribution in [0.2, 0.25) is 5.02 Å². The van der Waals surface area contributed by atoms with E-state index in [9.17, 15) is 18.4 Å². The number of ether oxygens (including phenoxy) is 2. The average molecular weight is 494 g/mol. The zero-order chi connectivity index (χ0) is 23.7. The number of carbonyl (C=O) groups is 1. The molecular weight excluding hydrogens is 480 g/mol. The van der Waals surface area contributed by atoms with Gasteiger partial charge in [-0.15, -0.1) is 0 Å². The Morgan fingerprint density at radius 2 is 2.00 bits per heavy atom. The van der Waals surface area contributed by atoms with Crippen LogP contribution in [-0.2, 0) is 11.3 Å². The predicted octanol–water partition coefficient (Wildman–Crippen LogP) is 3.75. The number of methoxy groups -OCH3 is 1. The average Bonchev–Trinajstić information content (AvgIpc) is 3.34. The molecule has 0 saturated carbocycles. The first-order valence-electron chi connectivity index (χ1n) is 9.25. The minimum absolute atomic E-state index is 0.0180. The number of aryl methyl sites for hydroxylation is 1. The maximum Gasteiger partial charge on any atom is 0.367 e. The van der Waals surface area contributed by atoms with Crippen molar-refractivity contribution in [3.05, 3.63) is 80.2 Å². The summed E-state index contributed by atoms with van der Waals surface area (Å²) in [5.74, 6) is -2.12. The molecule has 9 nitrogen and oxygen atoms in total. The lowest BCUT2D eigenvalue weighted by Crippen LogP contribution is -2.24. The van der Waals surface area contributed by atoms with Crippen LogP contribution in [0.5, 0.6) is 10.9 Å². The highest BCUT2D eigenvalue weighted by molar-refractivity contribution is 7.15. The predicted molar refractivity (Wildman–Crippen MR) is 114 cm³/mol. The highest BCUT2D eigenvalue weighted by Gasteiger charge is 2.19. The van der Waals surface area contributed by atoms with Crippen LogP contribution in [0.1, 0.15) is 21.1 Å². The molecule has 170 valence electrons. The van der Waals surface area contributed by atoms with Crippen molar-refractivity contribution in [3.63, 3.8) is 0 Å². The van der Waals surface area contributed by atoms with Crippen LogP contribution in [0.4, 0.5) is 8.78 Å². The monoisotopic (exact) mass is 493 g/mol. The number of pyridine rings is 1. The fourth-order valence-corrected chi connectivity index (χ4v) is 3.86. The lowest BCUT2D eigenvalue weighted by molar-refractivity contribution is 0.0600. The first-order chi connectivity index (χ1) is 15.8. The fourth-order valence-electron chi connectivity index (χ4n) is 2.82. The number of benzene rings is 1. The number of nitrogens with zero attached hydrogens (tertiary/aromatic N) is 5. The summed E-state index contributed by atoms with van der Waals surface area (Å²) in [5.41, 5.74) is -0.255. The molecule has 0 fully saturated rings. The van der Waals surface area contributed by atoms with Crippen molar-refractivity contribution in [1.29, 1.82) is 0 Å². The number of hydrogen-bond acceptors (Lipinski definition) is 8. The lowest BCUT2D eigenvalue weighted by Gasteiger charge is -2.07. The van der Waals surface area contributed by atoms with Gasteiger partial charge in [0, 0.05) is 5.56 Å². The Morgan fingerprint density at radius 1 is 1.27 bits per heavy atom. The van der Waals surface area contributed by atoms with Crippen LogP contribution in [0.3, 0.4) is 0 Å². The number of hydrogen-bond donors (Lipinski definition) is 0. The Kier molecular flexibility index (Phi) is 6.20. The van der Waals surface area contributed by atoms with Gasteiger partial charge in [0.05, 0.1) is 31.2 Å². The van der Waals surface area contributed by atoms with Gasteiger partial charge in [-0.25, -0.2) is 28.3 Å². The van der Waals surface area contributed by atoms with E-state index in [0.29, 0.717) is 10.8 Å². The molecule has 0 spiro atoms. The summed E-state index contributed by atoms with van der Waals surface area (Å²) in [5, 5.41) is 4.43. The third-order valence-electron chi connectivity index (χ3n) is 4.46. The van der Waals surface area contributed by atoms with E-state index < -0.39 is 23.3 Å². The number of halogens is 3. The molecule has 0 atom stereocenters. The van der Waals surface area contributed by atoms with Crippen LogP contribution in [0, 0.1) is 18.6 Å². The van der Waals surface area contributed by atoms with Crippen LogP contribution in [-0.4, -0.2) is 37.4 Å². The normalized spacial score (nSPS) is 10.9. The summed E-state index contributed by atoms with van der Waals surface area (Å²) in [6, 6.07) is 4.84. The van der Waals surface area contributed by atoms with Crippen molar-refractivity contribution in [3.8, 4) is 16.6 Å². The second kappa shape index (κ2) is 9.08. The van der Waals surface area contributed by atoms with Crippen molar-refractivity contribution in [2.24, 2.45) is 0 Å². The highest BCUT2D eigenvalue weighted by atomic mass is 35.5. The van der Waals surface area contributed by atoms with Gasteiger partial charge in [0.15, 0.2) is 0 Å². The molecule has 0 saturated heterocycles. The minimum atomic E-state index is -0.769. The number of carbonyl (C=O) groups excluding carboxylic acids is 1. The number of esters is 1. The zero-order valence-electron chi connectivity index (χ0n) is 17.1. The summed E-state index contributed by atoms with van der Waals surface area (Å²) in [6.07, 6.45) is 2.45. The molecular formula is C20H14ClF2N5O4S. The van der Waals surface area contributed by atoms with Gasteiger partial charge in [0.2, 0.25) is 16.0 Å². The second-order valence-electron chi connectivity index (χ2n) is 6.62. The maximum atomic E-state index is 13.9. The Hall–Kier alpha value is -3.64. The molecule has 0 aliphatic heterocycles. The molecule has 0 unspecified atom stereocenters. The molecule has 0 aliphatic carbocycles. The van der Waals surface area contributed by atoms with Crippen molar-refractivity contribution < 1.29 is 23.0 Å². The van der Waals surface area contributed by atoms with Crippen LogP contribution >= 0.6 is 22.9 Å². The first kappa shape index (κ1) is 22.6. The van der Waals surface area contributed by atoms with E-state index in [1.165, 1.54) is 25.4 Å². The van der Waals surface area contributed by atoms with E-state index in [-0.39, 0.29) is 33.7 Å². The molecule has 0 radical (unpaired) electrons. The van der Waals surface area contributed by atoms with Gasteiger partial charge in [0.25, 0.3) is 0 Å². The van der Waals surface area contributed by atoms with E-state index in [2.05, 4.69) is 19.8 Å². The summed E-state index contributed by atoms with van der Waals surface area (Å²) < 4.78 is 40.2. The number of rotatable bonds is 6. The molecule has 13 heteroatoms. The Labute approximate surface area is 193 Å². The molecule has 0 amide bonds. The van der Waals surface area contributed by atoms with Gasteiger partial charge < -0.3 is 9.47 Å². The quantitative estimate of drug-likeness (QED) is 0.377. The molecule has 3 aromatic heterocycles. The molecule has 33 heavy (non-hydrogen) atoms. The maximum absolute atomic E-state index is 13.9. The summed E-state index contributed by atoms with van der Waals surface area (Å²) in [4.78, 5) is 32.5. The topological polar surface area (TPSA) is 101 Å². The number of aromatic nitrogens is 5. The number of thiazole rings is 1. The van der Waals surface area contributed by atoms with E-state index >= 15 is 0 Å². The summed E-state index contributed by atoms with van der Waals surface area (Å²) in [7, 11) is 1.24. The van der Waals surface area contributed by atoms with Crippen LogP contribution < -0.4 is 10.4 Å². The van der Waals surface area contributed by atoms with Gasteiger partial charge in [-0.05, 0) is 25.1 Å². The van der Waals surface area contributed by atoms with E-state index in [4.69, 9.17) is 16.3 Å². The lowest BCUT2D eigenvalue weighted by atomic mass is 10.2. The third kappa shape index (κ3) is 4.47. The molecule has 1 aromatic carbocycles. The molecule has 4 rings (SSSR count). The van der Waals surface area contributed by atoms with Crippen molar-refractivity contribution in [1.82, 2.24) is 24.3 Å². The van der Waals surface area contributed by atoms with Crippen molar-refractivity contribution >= 4 is 28.9 Å². The Balaban J connectivity index is 1.59. The Morgan fingerprint density at radius 3 is 2.67 bits per heavy atom. The Bertz CT molecular complexity index is 1400. The minimum Gasteiger partial charge on any atom is -0.464 e. The van der Waals surface area contributed by atoms with E-state index in [0.717, 1.165) is 39.0 Å². The first-order valence-corrected chi connectivity index (χ1v) is 10.4. The fraction of sp³-hybridized carbons (Fsp3) is 0.150. The summed E-state index contributed by atoms with van der Waals surface area (Å²) >= 11 is 7.23. The molecule has 0 aliphatic rings. The van der Waals surface area contributed by atoms with Gasteiger partial charge in [-0.3, -0.25) is 4.57 Å². The van der Waals surface area contributed by atoms with Crippen LogP contribution in [0.25, 0.3) is 5.69 Å². The zero-order valence-corrected chi connectivity index (χ0v) is 18.7. The SMILES string of the molecule is COC(=O)c1nc(C)c(Oc2ncc(-n3ncn(Cc4c(F)cccc4F)c3=O)cc2Cl)s1. The van der Waals surface area contributed by atoms with Gasteiger partial charge in [-0.2, -0.15) is 9.78 Å². The van der Waals surface area contributed by atoms with E-state index in [1.54, 1.807) is 6.92 Å². The van der Waals surface area contributed by atoms with Gasteiger partial charge >= 0.3 is 11.7 Å². The molecule has 3 heterocycles. The standard InChI is InChI=1S/C20H14ClF2N5O4S/c1-10-19(33-17(26-10)18(29)31-2)32-16-13(21)6-11(7-24-16)28-20(30)27(9-25-28)8-12-14(22)4-3-5-15(12)23/h3-7,9H,8H2,1-2H3. The van der Waals surface area contributed by atoms with Crippen molar-refractivity contribution in [2.45, 2.75) is 13.5 Å². The second-order valence-corrected chi connectivity index (χ2v) is 7.99. The van der Waals surface area contributed by atoms with Crippen molar-refractivity contribution in [2.75, 3.05) is 7.11 Å². The largest absolute Gasteiger partial charge is 0.464 e. The highest BCUT2D eigenvalue weighted by Crippen LogP contribution is 2.34. The molecule has 0 bridgehead atoms. The third-order valence-corrected chi connectivity index (χ3v) is 5.75. The van der Waals surface area contributed by atoms with Crippen LogP contribution in [0.15, 0.2) is 41.6 Å².